The Hall–Kier alpha value is -1.24. The summed E-state index contributed by atoms with van der Waals surface area (Å²) >= 11 is 11.8. The molecule has 0 radical (unpaired) electrons. The van der Waals surface area contributed by atoms with E-state index in [2.05, 4.69) is 36.4 Å². The van der Waals surface area contributed by atoms with Gasteiger partial charge in [0.15, 0.2) is 0 Å². The molecular weight excluding hydrogens is 251 g/mol. The first-order chi connectivity index (χ1) is 8.21. The fraction of sp³-hybridized carbons (Fsp3) is 0.0667. The zero-order valence-electron chi connectivity index (χ0n) is 9.03. The van der Waals surface area contributed by atoms with E-state index in [9.17, 15) is 0 Å². The summed E-state index contributed by atoms with van der Waals surface area (Å²) in [5.41, 5.74) is 2.43. The van der Waals surface area contributed by atoms with Gasteiger partial charge in [-0.05, 0) is 35.4 Å². The summed E-state index contributed by atoms with van der Waals surface area (Å²) < 4.78 is 0. The Kier molecular flexibility index (Phi) is 2.50. The van der Waals surface area contributed by atoms with Gasteiger partial charge in [0.1, 0.15) is 0 Å². The molecule has 1 aliphatic rings. The molecule has 0 bridgehead atoms. The number of rotatable bonds is 2. The van der Waals surface area contributed by atoms with Crippen molar-refractivity contribution in [2.45, 2.75) is 5.41 Å². The monoisotopic (exact) mass is 260 g/mol. The molecule has 2 aromatic rings. The molecule has 0 unspecified atom stereocenters. The molecule has 0 amide bonds. The highest BCUT2D eigenvalue weighted by molar-refractivity contribution is 6.30. The van der Waals surface area contributed by atoms with Crippen LogP contribution in [0.2, 0.25) is 10.0 Å². The van der Waals surface area contributed by atoms with Gasteiger partial charge < -0.3 is 0 Å². The van der Waals surface area contributed by atoms with Crippen LogP contribution in [0.3, 0.4) is 0 Å². The number of halogens is 2. The smallest absolute Gasteiger partial charge is 0.0563 e. The van der Waals surface area contributed by atoms with Gasteiger partial charge in [-0.1, -0.05) is 59.6 Å². The van der Waals surface area contributed by atoms with Crippen LogP contribution in [-0.4, -0.2) is 0 Å². The highest BCUT2D eigenvalue weighted by Crippen LogP contribution is 2.45. The third-order valence-corrected chi connectivity index (χ3v) is 3.65. The average Bonchev–Trinajstić information content (AvgIpc) is 3.12. The van der Waals surface area contributed by atoms with E-state index in [-0.39, 0.29) is 5.41 Å². The maximum atomic E-state index is 5.91. The number of benzene rings is 2. The first-order valence-corrected chi connectivity index (χ1v) is 6.19. The van der Waals surface area contributed by atoms with Crippen molar-refractivity contribution in [3.63, 3.8) is 0 Å². The Morgan fingerprint density at radius 3 is 1.24 bits per heavy atom. The van der Waals surface area contributed by atoms with Crippen molar-refractivity contribution in [1.82, 2.24) is 0 Å². The van der Waals surface area contributed by atoms with Crippen molar-refractivity contribution < 1.29 is 0 Å². The fourth-order valence-corrected chi connectivity index (χ4v) is 2.34. The largest absolute Gasteiger partial charge is 0.0843 e. The molecule has 0 aliphatic heterocycles. The Morgan fingerprint density at radius 2 is 0.941 bits per heavy atom. The normalized spacial score (nSPS) is 15.9. The fourth-order valence-electron chi connectivity index (χ4n) is 2.09. The summed E-state index contributed by atoms with van der Waals surface area (Å²) in [5.74, 6) is 0. The van der Waals surface area contributed by atoms with Crippen LogP contribution in [0.1, 0.15) is 11.1 Å². The molecule has 1 aliphatic carbocycles. The lowest BCUT2D eigenvalue weighted by Gasteiger charge is -2.17. The second-order valence-electron chi connectivity index (χ2n) is 4.22. The summed E-state index contributed by atoms with van der Waals surface area (Å²) in [6.07, 6.45) is 4.39. The standard InChI is InChI=1S/C15H10Cl2/c16-13-5-1-11(2-6-13)15(9-10-15)12-3-7-14(17)8-4-12/h1-10H. The molecule has 0 aromatic heterocycles. The lowest BCUT2D eigenvalue weighted by Crippen LogP contribution is -2.10. The van der Waals surface area contributed by atoms with Crippen molar-refractivity contribution in [1.29, 1.82) is 0 Å². The second-order valence-corrected chi connectivity index (χ2v) is 5.09. The predicted molar refractivity (Wildman–Crippen MR) is 72.8 cm³/mol. The van der Waals surface area contributed by atoms with Gasteiger partial charge in [0, 0.05) is 10.0 Å². The van der Waals surface area contributed by atoms with Gasteiger partial charge in [-0.25, -0.2) is 0 Å². The molecule has 17 heavy (non-hydrogen) atoms. The number of hydrogen-bond donors (Lipinski definition) is 0. The highest BCUT2D eigenvalue weighted by atomic mass is 35.5. The molecule has 2 aromatic carbocycles. The summed E-state index contributed by atoms with van der Waals surface area (Å²) in [5, 5.41) is 1.53. The van der Waals surface area contributed by atoms with E-state index in [1.807, 2.05) is 24.3 Å². The lowest BCUT2D eigenvalue weighted by atomic mass is 9.86. The van der Waals surface area contributed by atoms with Crippen LogP contribution in [0.5, 0.6) is 0 Å². The molecule has 0 atom stereocenters. The maximum Gasteiger partial charge on any atom is 0.0563 e. The van der Waals surface area contributed by atoms with E-state index in [0.29, 0.717) is 0 Å². The summed E-state index contributed by atoms with van der Waals surface area (Å²) in [4.78, 5) is 0. The Morgan fingerprint density at radius 1 is 0.588 bits per heavy atom. The average molecular weight is 261 g/mol. The van der Waals surface area contributed by atoms with Crippen molar-refractivity contribution in [3.05, 3.63) is 81.9 Å². The van der Waals surface area contributed by atoms with E-state index in [4.69, 9.17) is 23.2 Å². The van der Waals surface area contributed by atoms with Crippen molar-refractivity contribution >= 4 is 23.2 Å². The second kappa shape index (κ2) is 3.90. The Labute approximate surface area is 110 Å². The summed E-state index contributed by atoms with van der Waals surface area (Å²) in [7, 11) is 0. The molecule has 3 rings (SSSR count). The quantitative estimate of drug-likeness (QED) is 0.678. The predicted octanol–water partition coefficient (Wildman–Crippen LogP) is 4.85. The SMILES string of the molecule is Clc1ccc(C2(c3ccc(Cl)cc3)C=C2)cc1. The Balaban J connectivity index is 2.01. The van der Waals surface area contributed by atoms with Gasteiger partial charge in [0.05, 0.1) is 5.41 Å². The van der Waals surface area contributed by atoms with Gasteiger partial charge in [-0.15, -0.1) is 0 Å². The van der Waals surface area contributed by atoms with Gasteiger partial charge in [0.2, 0.25) is 0 Å². The zero-order chi connectivity index (χ0) is 11.9. The van der Waals surface area contributed by atoms with Gasteiger partial charge >= 0.3 is 0 Å². The van der Waals surface area contributed by atoms with E-state index in [1.54, 1.807) is 0 Å². The molecule has 0 saturated heterocycles. The zero-order valence-corrected chi connectivity index (χ0v) is 10.5. The van der Waals surface area contributed by atoms with Crippen molar-refractivity contribution in [2.75, 3.05) is 0 Å². The minimum Gasteiger partial charge on any atom is -0.0843 e. The lowest BCUT2D eigenvalue weighted by molar-refractivity contribution is 0.933. The summed E-state index contributed by atoms with van der Waals surface area (Å²) in [6.45, 7) is 0. The van der Waals surface area contributed by atoms with E-state index in [0.717, 1.165) is 10.0 Å². The minimum absolute atomic E-state index is 0.0465. The number of allylic oxidation sites excluding steroid dienone is 2. The van der Waals surface area contributed by atoms with Crippen LogP contribution >= 0.6 is 23.2 Å². The third-order valence-electron chi connectivity index (χ3n) is 3.14. The van der Waals surface area contributed by atoms with E-state index < -0.39 is 0 Å². The molecule has 0 fully saturated rings. The van der Waals surface area contributed by atoms with Gasteiger partial charge in [-0.3, -0.25) is 0 Å². The molecule has 0 spiro atoms. The highest BCUT2D eigenvalue weighted by Gasteiger charge is 2.37. The molecular formula is C15H10Cl2. The van der Waals surface area contributed by atoms with E-state index in [1.165, 1.54) is 11.1 Å². The molecule has 0 N–H and O–H groups in total. The molecule has 0 nitrogen and oxygen atoms in total. The van der Waals surface area contributed by atoms with E-state index >= 15 is 0 Å². The van der Waals surface area contributed by atoms with Crippen LogP contribution < -0.4 is 0 Å². The van der Waals surface area contributed by atoms with Gasteiger partial charge in [0.25, 0.3) is 0 Å². The van der Waals surface area contributed by atoms with Crippen LogP contribution in [0.4, 0.5) is 0 Å². The van der Waals surface area contributed by atoms with Crippen LogP contribution in [0.25, 0.3) is 0 Å². The van der Waals surface area contributed by atoms with Crippen LogP contribution in [0.15, 0.2) is 60.7 Å². The van der Waals surface area contributed by atoms with Crippen molar-refractivity contribution in [2.24, 2.45) is 0 Å². The topological polar surface area (TPSA) is 0 Å². The molecule has 2 heteroatoms. The van der Waals surface area contributed by atoms with Crippen LogP contribution in [-0.2, 0) is 5.41 Å². The first-order valence-electron chi connectivity index (χ1n) is 5.43. The summed E-state index contributed by atoms with van der Waals surface area (Å²) in [6, 6.07) is 16.0. The molecule has 0 saturated carbocycles. The molecule has 0 heterocycles. The maximum absolute atomic E-state index is 5.91. The third kappa shape index (κ3) is 1.88. The Bertz CT molecular complexity index is 511. The minimum atomic E-state index is -0.0465. The van der Waals surface area contributed by atoms with Gasteiger partial charge in [-0.2, -0.15) is 0 Å². The van der Waals surface area contributed by atoms with Crippen molar-refractivity contribution in [3.8, 4) is 0 Å². The first kappa shape index (κ1) is 10.9. The number of hydrogen-bond acceptors (Lipinski definition) is 0. The molecule has 84 valence electrons. The van der Waals surface area contributed by atoms with Crippen LogP contribution in [0, 0.1) is 0 Å².